The van der Waals surface area contributed by atoms with E-state index in [0.29, 0.717) is 17.8 Å². The van der Waals surface area contributed by atoms with Gasteiger partial charge in [0.05, 0.1) is 6.04 Å². The Bertz CT molecular complexity index is 1620. The Balaban J connectivity index is 1.20. The zero-order valence-corrected chi connectivity index (χ0v) is 22.1. The summed E-state index contributed by atoms with van der Waals surface area (Å²) in [4.78, 5) is 13.4. The average molecular weight is 519 g/mol. The van der Waals surface area contributed by atoms with Crippen molar-refractivity contribution >= 4 is 34.4 Å². The molecule has 6 nitrogen and oxygen atoms in total. The molecule has 190 valence electrons. The molecule has 2 aliphatic rings. The summed E-state index contributed by atoms with van der Waals surface area (Å²) in [5.41, 5.74) is 13.0. The number of nitrogen functional groups attached to an aromatic ring is 1. The minimum absolute atomic E-state index is 0.188. The normalized spacial score (nSPS) is 20.4. The molecule has 4 heterocycles. The zero-order valence-electron chi connectivity index (χ0n) is 21.3. The molecule has 0 radical (unpaired) electrons. The molecule has 5 aromatic rings. The highest BCUT2D eigenvalue weighted by Crippen LogP contribution is 2.42. The van der Waals surface area contributed by atoms with E-state index in [-0.39, 0.29) is 6.04 Å². The van der Waals surface area contributed by atoms with Gasteiger partial charge in [0.25, 0.3) is 0 Å². The van der Waals surface area contributed by atoms with Crippen molar-refractivity contribution in [3.63, 3.8) is 0 Å². The van der Waals surface area contributed by atoms with Crippen molar-refractivity contribution < 1.29 is 0 Å². The molecule has 2 aromatic carbocycles. The maximum atomic E-state index is 6.45. The molecule has 38 heavy (non-hydrogen) atoms. The first-order chi connectivity index (χ1) is 18.7. The minimum Gasteiger partial charge on any atom is -0.382 e. The molecule has 1 aliphatic carbocycles. The van der Waals surface area contributed by atoms with Crippen molar-refractivity contribution in [1.82, 2.24) is 19.7 Å². The molecule has 1 atom stereocenters. The zero-order chi connectivity index (χ0) is 25.6. The standard InChI is InChI=1S/C31H30N6S/c1-36-26(20-6-3-2-4-7-20)12-11-21-9-10-22(18-27(21)36)28-29-30(32)33-13-14-37(29)31(35-28)23-16-24(17-23)34-19-25-8-5-15-38-25/h2-15,18,23-24,26,34H,16-17,19H2,1H3,(H2,32,33). The summed E-state index contributed by atoms with van der Waals surface area (Å²) in [6.45, 7) is 0.931. The number of nitrogens with one attached hydrogen (secondary N) is 1. The maximum Gasteiger partial charge on any atom is 0.150 e. The van der Waals surface area contributed by atoms with Crippen LogP contribution in [-0.4, -0.2) is 27.5 Å². The monoisotopic (exact) mass is 518 g/mol. The van der Waals surface area contributed by atoms with Crippen molar-refractivity contribution in [3.8, 4) is 11.3 Å². The van der Waals surface area contributed by atoms with Gasteiger partial charge in [0, 0.05) is 54.1 Å². The van der Waals surface area contributed by atoms with Gasteiger partial charge >= 0.3 is 0 Å². The summed E-state index contributed by atoms with van der Waals surface area (Å²) in [5, 5.41) is 5.83. The Labute approximate surface area is 226 Å². The Kier molecular flexibility index (Phi) is 5.75. The Morgan fingerprint density at radius 3 is 2.76 bits per heavy atom. The molecule has 0 bridgehead atoms. The van der Waals surface area contributed by atoms with E-state index in [2.05, 4.69) is 105 Å². The lowest BCUT2D eigenvalue weighted by molar-refractivity contribution is 0.280. The third kappa shape index (κ3) is 3.99. The second-order valence-electron chi connectivity index (χ2n) is 10.3. The van der Waals surface area contributed by atoms with Crippen molar-refractivity contribution in [2.45, 2.75) is 37.4 Å². The lowest BCUT2D eigenvalue weighted by Gasteiger charge is -2.35. The summed E-state index contributed by atoms with van der Waals surface area (Å²) < 4.78 is 2.16. The van der Waals surface area contributed by atoms with Gasteiger partial charge in [0.15, 0.2) is 0 Å². The van der Waals surface area contributed by atoms with E-state index in [9.17, 15) is 0 Å². The summed E-state index contributed by atoms with van der Waals surface area (Å²) in [6, 6.07) is 22.2. The maximum absolute atomic E-state index is 6.45. The fourth-order valence-corrected chi connectivity index (χ4v) is 6.48. The first-order valence-electron chi connectivity index (χ1n) is 13.1. The van der Waals surface area contributed by atoms with Crippen LogP contribution in [0.1, 0.15) is 46.6 Å². The van der Waals surface area contributed by atoms with Gasteiger partial charge in [-0.1, -0.05) is 60.7 Å². The smallest absolute Gasteiger partial charge is 0.150 e. The average Bonchev–Trinajstić information content (AvgIpc) is 3.58. The van der Waals surface area contributed by atoms with Crippen LogP contribution in [0.5, 0.6) is 0 Å². The number of nitrogens with zero attached hydrogens (tertiary/aromatic N) is 4. The lowest BCUT2D eigenvalue weighted by atomic mass is 9.79. The molecule has 1 aliphatic heterocycles. The molecule has 0 saturated heterocycles. The van der Waals surface area contributed by atoms with Crippen LogP contribution < -0.4 is 16.0 Å². The highest BCUT2D eigenvalue weighted by Gasteiger charge is 2.34. The summed E-state index contributed by atoms with van der Waals surface area (Å²) in [6.07, 6.45) is 10.4. The van der Waals surface area contributed by atoms with Crippen LogP contribution in [0.25, 0.3) is 22.9 Å². The van der Waals surface area contributed by atoms with Crippen LogP contribution in [0.15, 0.2) is 84.5 Å². The van der Waals surface area contributed by atoms with Crippen molar-refractivity contribution in [2.75, 3.05) is 17.7 Å². The number of hydrogen-bond acceptors (Lipinski definition) is 6. The Hall–Kier alpha value is -3.94. The van der Waals surface area contributed by atoms with Crippen LogP contribution in [0, 0.1) is 0 Å². The minimum atomic E-state index is 0.188. The van der Waals surface area contributed by atoms with Crippen molar-refractivity contribution in [2.24, 2.45) is 0 Å². The second-order valence-corrected chi connectivity index (χ2v) is 11.3. The SMILES string of the molecule is CN1c2cc(-c3nc(C4CC(NCc5cccs5)C4)n4ccnc(N)c34)ccc2C=CC1c1ccccc1. The van der Waals surface area contributed by atoms with Crippen LogP contribution in [0.3, 0.4) is 0 Å². The number of benzene rings is 2. The number of nitrogens with two attached hydrogens (primary N) is 1. The molecule has 1 unspecified atom stereocenters. The molecule has 7 rings (SSSR count). The van der Waals surface area contributed by atoms with Crippen LogP contribution >= 0.6 is 11.3 Å². The molecule has 0 spiro atoms. The fraction of sp³-hybridized carbons (Fsp3) is 0.226. The van der Waals surface area contributed by atoms with Gasteiger partial charge in [-0.15, -0.1) is 11.3 Å². The fourth-order valence-electron chi connectivity index (χ4n) is 5.83. The van der Waals surface area contributed by atoms with Crippen LogP contribution in [0.2, 0.25) is 0 Å². The largest absolute Gasteiger partial charge is 0.382 e. The first-order valence-corrected chi connectivity index (χ1v) is 14.0. The number of fused-ring (bicyclic) bond motifs is 2. The predicted octanol–water partition coefficient (Wildman–Crippen LogP) is 6.28. The van der Waals surface area contributed by atoms with E-state index >= 15 is 0 Å². The topological polar surface area (TPSA) is 71.5 Å². The van der Waals surface area contributed by atoms with Gasteiger partial charge in [-0.3, -0.25) is 4.40 Å². The van der Waals surface area contributed by atoms with E-state index in [1.807, 2.05) is 6.20 Å². The highest BCUT2D eigenvalue weighted by atomic mass is 32.1. The number of aromatic nitrogens is 3. The summed E-state index contributed by atoms with van der Waals surface area (Å²) in [5.74, 6) is 1.98. The number of anilines is 2. The van der Waals surface area contributed by atoms with E-state index in [4.69, 9.17) is 10.7 Å². The molecular weight excluding hydrogens is 488 g/mol. The van der Waals surface area contributed by atoms with Gasteiger partial charge in [0.1, 0.15) is 22.9 Å². The van der Waals surface area contributed by atoms with Gasteiger partial charge in [-0.25, -0.2) is 9.97 Å². The van der Waals surface area contributed by atoms with Crippen LogP contribution in [-0.2, 0) is 6.54 Å². The van der Waals surface area contributed by atoms with E-state index in [1.54, 1.807) is 17.5 Å². The van der Waals surface area contributed by atoms with Crippen LogP contribution in [0.4, 0.5) is 11.5 Å². The predicted molar refractivity (Wildman–Crippen MR) is 156 cm³/mol. The summed E-state index contributed by atoms with van der Waals surface area (Å²) >= 11 is 1.80. The quantitative estimate of drug-likeness (QED) is 0.277. The number of likely N-dealkylation sites (N-methyl/N-ethyl adjacent to an activating group) is 1. The Morgan fingerprint density at radius 1 is 1.08 bits per heavy atom. The van der Waals surface area contributed by atoms with Gasteiger partial charge in [0.2, 0.25) is 0 Å². The molecule has 3 N–H and O–H groups in total. The third-order valence-corrected chi connectivity index (χ3v) is 8.84. The van der Waals surface area contributed by atoms with E-state index in [1.165, 1.54) is 21.7 Å². The molecule has 7 heteroatoms. The first kappa shape index (κ1) is 23.2. The molecule has 1 fully saturated rings. The Morgan fingerprint density at radius 2 is 1.95 bits per heavy atom. The van der Waals surface area contributed by atoms with Gasteiger partial charge < -0.3 is 16.0 Å². The number of rotatable bonds is 6. The molecule has 0 amide bonds. The van der Waals surface area contributed by atoms with E-state index < -0.39 is 0 Å². The molecule has 3 aromatic heterocycles. The molecule has 1 saturated carbocycles. The number of hydrogen-bond donors (Lipinski definition) is 2. The molecular formula is C31H30N6S. The third-order valence-electron chi connectivity index (χ3n) is 7.96. The number of imidazole rings is 1. The van der Waals surface area contributed by atoms with Crippen molar-refractivity contribution in [3.05, 3.63) is 106 Å². The van der Waals surface area contributed by atoms with Gasteiger partial charge in [-0.2, -0.15) is 0 Å². The van der Waals surface area contributed by atoms with E-state index in [0.717, 1.165) is 42.0 Å². The highest BCUT2D eigenvalue weighted by molar-refractivity contribution is 7.09. The number of thiophene rings is 1. The van der Waals surface area contributed by atoms with Crippen molar-refractivity contribution in [1.29, 1.82) is 0 Å². The van der Waals surface area contributed by atoms with Gasteiger partial charge in [-0.05, 0) is 41.5 Å². The summed E-state index contributed by atoms with van der Waals surface area (Å²) in [7, 11) is 2.16. The second kappa shape index (κ2) is 9.42. The lowest BCUT2D eigenvalue weighted by Crippen LogP contribution is -2.40.